The molecule has 18 heavy (non-hydrogen) atoms. The number of aromatic nitrogens is 2. The summed E-state index contributed by atoms with van der Waals surface area (Å²) in [5.74, 6) is 5.63. The van der Waals surface area contributed by atoms with Gasteiger partial charge in [0.2, 0.25) is 5.95 Å². The van der Waals surface area contributed by atoms with Crippen LogP contribution in [0, 0.1) is 12.7 Å². The number of aryl methyl sites for hydroxylation is 1. The van der Waals surface area contributed by atoms with E-state index in [1.165, 1.54) is 6.07 Å². The van der Waals surface area contributed by atoms with E-state index in [-0.39, 0.29) is 11.8 Å². The van der Waals surface area contributed by atoms with Crippen LogP contribution < -0.4 is 16.6 Å². The Hall–Kier alpha value is -1.73. The minimum absolute atomic E-state index is 0.263. The highest BCUT2D eigenvalue weighted by Gasteiger charge is 2.07. The van der Waals surface area contributed by atoms with E-state index in [4.69, 9.17) is 5.84 Å². The summed E-state index contributed by atoms with van der Waals surface area (Å²) >= 11 is 3.28. The van der Waals surface area contributed by atoms with Crippen molar-refractivity contribution in [3.63, 3.8) is 0 Å². The molecule has 0 unspecified atom stereocenters. The summed E-state index contributed by atoms with van der Waals surface area (Å²) in [6.45, 7) is 1.82. The zero-order chi connectivity index (χ0) is 13.1. The molecule has 0 atom stereocenters. The van der Waals surface area contributed by atoms with Crippen LogP contribution in [0.4, 0.5) is 21.8 Å². The molecule has 2 aromatic rings. The zero-order valence-corrected chi connectivity index (χ0v) is 11.1. The largest absolute Gasteiger partial charge is 0.337 e. The van der Waals surface area contributed by atoms with Crippen molar-refractivity contribution in [3.8, 4) is 0 Å². The van der Waals surface area contributed by atoms with Crippen LogP contribution in [-0.4, -0.2) is 9.97 Å². The number of nitrogens with one attached hydrogen (secondary N) is 2. The summed E-state index contributed by atoms with van der Waals surface area (Å²) in [6.07, 6.45) is 1.60. The molecular formula is C11H11BrFN5. The van der Waals surface area contributed by atoms with Crippen molar-refractivity contribution in [2.75, 3.05) is 10.7 Å². The topological polar surface area (TPSA) is 75.9 Å². The number of halogens is 2. The van der Waals surface area contributed by atoms with Crippen molar-refractivity contribution < 1.29 is 4.39 Å². The number of hydrogen-bond donors (Lipinski definition) is 3. The number of anilines is 3. The third-order valence-corrected chi connectivity index (χ3v) is 2.78. The Morgan fingerprint density at radius 1 is 1.39 bits per heavy atom. The molecule has 1 aromatic carbocycles. The molecule has 94 valence electrons. The number of nitrogens with two attached hydrogens (primary N) is 1. The van der Waals surface area contributed by atoms with Gasteiger partial charge in [0.15, 0.2) is 0 Å². The summed E-state index contributed by atoms with van der Waals surface area (Å²) < 4.78 is 14.4. The summed E-state index contributed by atoms with van der Waals surface area (Å²) in [7, 11) is 0. The Bertz CT molecular complexity index is 575. The first-order valence-corrected chi connectivity index (χ1v) is 5.92. The SMILES string of the molecule is Cc1cnc(NN)nc1Nc1cc(Br)ccc1F. The van der Waals surface area contributed by atoms with Crippen LogP contribution in [0.15, 0.2) is 28.9 Å². The predicted molar refractivity (Wildman–Crippen MR) is 72.0 cm³/mol. The lowest BCUT2D eigenvalue weighted by Gasteiger charge is -2.10. The second-order valence-corrected chi connectivity index (χ2v) is 4.53. The van der Waals surface area contributed by atoms with E-state index in [2.05, 4.69) is 36.6 Å². The molecule has 0 bridgehead atoms. The van der Waals surface area contributed by atoms with E-state index >= 15 is 0 Å². The van der Waals surface area contributed by atoms with E-state index in [0.29, 0.717) is 11.5 Å². The first kappa shape index (κ1) is 12.7. The van der Waals surface area contributed by atoms with Crippen molar-refractivity contribution in [2.45, 2.75) is 6.92 Å². The standard InChI is InChI=1S/C11H11BrFN5/c1-6-5-15-11(18-14)17-10(6)16-9-4-7(12)2-3-8(9)13/h2-5H,14H2,1H3,(H2,15,16,17,18). The van der Waals surface area contributed by atoms with Gasteiger partial charge in [-0.15, -0.1) is 0 Å². The molecule has 0 amide bonds. The molecule has 4 N–H and O–H groups in total. The Balaban J connectivity index is 2.36. The van der Waals surface area contributed by atoms with Gasteiger partial charge in [0.1, 0.15) is 11.6 Å². The number of rotatable bonds is 3. The molecule has 5 nitrogen and oxygen atoms in total. The fourth-order valence-electron chi connectivity index (χ4n) is 1.36. The minimum atomic E-state index is -0.363. The van der Waals surface area contributed by atoms with Gasteiger partial charge >= 0.3 is 0 Å². The third-order valence-electron chi connectivity index (χ3n) is 2.28. The first-order valence-electron chi connectivity index (χ1n) is 5.12. The van der Waals surface area contributed by atoms with E-state index in [1.807, 2.05) is 6.92 Å². The lowest BCUT2D eigenvalue weighted by molar-refractivity contribution is 0.631. The minimum Gasteiger partial charge on any atom is -0.337 e. The van der Waals surface area contributed by atoms with Crippen LogP contribution in [0.5, 0.6) is 0 Å². The van der Waals surface area contributed by atoms with Gasteiger partial charge in [-0.05, 0) is 25.1 Å². The maximum absolute atomic E-state index is 13.6. The van der Waals surface area contributed by atoms with E-state index in [1.54, 1.807) is 18.3 Å². The Labute approximate surface area is 112 Å². The van der Waals surface area contributed by atoms with Gasteiger partial charge in [0.05, 0.1) is 5.69 Å². The molecule has 0 fully saturated rings. The molecule has 1 heterocycles. The van der Waals surface area contributed by atoms with Gasteiger partial charge in [-0.3, -0.25) is 5.43 Å². The van der Waals surface area contributed by atoms with Crippen molar-refractivity contribution in [3.05, 3.63) is 40.2 Å². The van der Waals surface area contributed by atoms with Crippen LogP contribution in [-0.2, 0) is 0 Å². The Morgan fingerprint density at radius 3 is 2.89 bits per heavy atom. The summed E-state index contributed by atoms with van der Waals surface area (Å²) in [5, 5.41) is 2.90. The molecule has 0 saturated heterocycles. The summed E-state index contributed by atoms with van der Waals surface area (Å²) in [6, 6.07) is 4.62. The van der Waals surface area contributed by atoms with Crippen LogP contribution in [0.1, 0.15) is 5.56 Å². The average molecular weight is 312 g/mol. The van der Waals surface area contributed by atoms with Crippen LogP contribution in [0.2, 0.25) is 0 Å². The number of nitrogens with zero attached hydrogens (tertiary/aromatic N) is 2. The van der Waals surface area contributed by atoms with Crippen molar-refractivity contribution in [1.82, 2.24) is 9.97 Å². The summed E-state index contributed by atoms with van der Waals surface area (Å²) in [5.41, 5.74) is 3.45. The monoisotopic (exact) mass is 311 g/mol. The third kappa shape index (κ3) is 2.74. The smallest absolute Gasteiger partial charge is 0.239 e. The number of hydrazine groups is 1. The predicted octanol–water partition coefficient (Wildman–Crippen LogP) is 2.72. The first-order chi connectivity index (χ1) is 8.60. The van der Waals surface area contributed by atoms with Gasteiger partial charge in [0.25, 0.3) is 0 Å². The molecule has 0 aliphatic carbocycles. The fourth-order valence-corrected chi connectivity index (χ4v) is 1.72. The van der Waals surface area contributed by atoms with Gasteiger partial charge in [-0.2, -0.15) is 4.98 Å². The van der Waals surface area contributed by atoms with Gasteiger partial charge < -0.3 is 5.32 Å². The molecule has 7 heteroatoms. The molecule has 0 aliphatic rings. The molecule has 2 rings (SSSR count). The van der Waals surface area contributed by atoms with Gasteiger partial charge in [-0.25, -0.2) is 15.2 Å². The molecule has 0 radical (unpaired) electrons. The number of nitrogen functional groups attached to an aromatic ring is 1. The second-order valence-electron chi connectivity index (χ2n) is 3.62. The van der Waals surface area contributed by atoms with E-state index < -0.39 is 0 Å². The van der Waals surface area contributed by atoms with Crippen LogP contribution in [0.3, 0.4) is 0 Å². The maximum Gasteiger partial charge on any atom is 0.239 e. The fraction of sp³-hybridized carbons (Fsp3) is 0.0909. The second kappa shape index (κ2) is 5.28. The molecule has 0 spiro atoms. The average Bonchev–Trinajstić information content (AvgIpc) is 2.36. The van der Waals surface area contributed by atoms with Crippen LogP contribution >= 0.6 is 15.9 Å². The van der Waals surface area contributed by atoms with Crippen molar-refractivity contribution in [2.24, 2.45) is 5.84 Å². The Kier molecular flexibility index (Phi) is 3.73. The quantitative estimate of drug-likeness (QED) is 0.600. The normalized spacial score (nSPS) is 10.2. The van der Waals surface area contributed by atoms with Gasteiger partial charge in [-0.1, -0.05) is 15.9 Å². The van der Waals surface area contributed by atoms with Crippen molar-refractivity contribution in [1.29, 1.82) is 0 Å². The number of benzene rings is 1. The lowest BCUT2D eigenvalue weighted by Crippen LogP contribution is -2.11. The molecular weight excluding hydrogens is 301 g/mol. The van der Waals surface area contributed by atoms with E-state index in [9.17, 15) is 4.39 Å². The summed E-state index contributed by atoms with van der Waals surface area (Å²) in [4.78, 5) is 8.07. The maximum atomic E-state index is 13.6. The van der Waals surface area contributed by atoms with Crippen LogP contribution in [0.25, 0.3) is 0 Å². The molecule has 1 aromatic heterocycles. The highest BCUT2D eigenvalue weighted by atomic mass is 79.9. The Morgan fingerprint density at radius 2 is 2.17 bits per heavy atom. The van der Waals surface area contributed by atoms with Crippen molar-refractivity contribution >= 4 is 33.4 Å². The zero-order valence-electron chi connectivity index (χ0n) is 9.54. The molecule has 0 saturated carbocycles. The molecule has 0 aliphatic heterocycles. The number of hydrogen-bond acceptors (Lipinski definition) is 5. The lowest BCUT2D eigenvalue weighted by atomic mass is 10.3. The van der Waals surface area contributed by atoms with Gasteiger partial charge in [0, 0.05) is 16.2 Å². The highest BCUT2D eigenvalue weighted by molar-refractivity contribution is 9.10. The van der Waals surface area contributed by atoms with E-state index in [0.717, 1.165) is 10.0 Å². The highest BCUT2D eigenvalue weighted by Crippen LogP contribution is 2.24.